The molecule has 20 heavy (non-hydrogen) atoms. The smallest absolute Gasteiger partial charge is 0.239 e. The summed E-state index contributed by atoms with van der Waals surface area (Å²) in [6.45, 7) is 4.58. The normalized spacial score (nSPS) is 17.8. The van der Waals surface area contributed by atoms with Crippen LogP contribution in [0.3, 0.4) is 0 Å². The summed E-state index contributed by atoms with van der Waals surface area (Å²) < 4.78 is 0. The number of nitrogens with zero attached hydrogens (tertiary/aromatic N) is 2. The number of amidine groups is 1. The first-order valence-electron chi connectivity index (χ1n) is 7.06. The Balaban J connectivity index is 2.90. The second kappa shape index (κ2) is 7.12. The average Bonchev–Trinajstić information content (AvgIpc) is 2.94. The van der Waals surface area contributed by atoms with Crippen LogP contribution < -0.4 is 11.1 Å². The van der Waals surface area contributed by atoms with Gasteiger partial charge >= 0.3 is 0 Å². The van der Waals surface area contributed by atoms with Crippen LogP contribution in [0.25, 0.3) is 0 Å². The van der Waals surface area contributed by atoms with E-state index >= 15 is 0 Å². The minimum Gasteiger partial charge on any atom is -0.409 e. The van der Waals surface area contributed by atoms with Crippen LogP contribution >= 0.6 is 0 Å². The van der Waals surface area contributed by atoms with Crippen molar-refractivity contribution in [2.24, 2.45) is 16.3 Å². The van der Waals surface area contributed by atoms with Crippen molar-refractivity contribution in [2.75, 3.05) is 19.6 Å². The SMILES string of the molecule is CCNC(=O)CN(CC)C(=O)C1(C(N)=NO)CCCC1. The number of amides is 2. The second-order valence-electron chi connectivity index (χ2n) is 5.05. The molecule has 2 amide bonds. The number of carbonyl (C=O) groups excluding carboxylic acids is 2. The highest BCUT2D eigenvalue weighted by atomic mass is 16.4. The van der Waals surface area contributed by atoms with E-state index in [2.05, 4.69) is 10.5 Å². The Morgan fingerprint density at radius 3 is 2.40 bits per heavy atom. The van der Waals surface area contributed by atoms with Crippen molar-refractivity contribution in [3.05, 3.63) is 0 Å². The maximum absolute atomic E-state index is 12.7. The van der Waals surface area contributed by atoms with Gasteiger partial charge in [-0.1, -0.05) is 18.0 Å². The lowest BCUT2D eigenvalue weighted by Crippen LogP contribution is -2.52. The highest BCUT2D eigenvalue weighted by Crippen LogP contribution is 2.40. The Morgan fingerprint density at radius 2 is 1.95 bits per heavy atom. The first-order valence-corrected chi connectivity index (χ1v) is 7.06. The van der Waals surface area contributed by atoms with Crippen LogP contribution in [-0.4, -0.2) is 47.4 Å². The van der Waals surface area contributed by atoms with Crippen molar-refractivity contribution < 1.29 is 14.8 Å². The summed E-state index contributed by atoms with van der Waals surface area (Å²) in [6.07, 6.45) is 2.85. The van der Waals surface area contributed by atoms with E-state index in [1.807, 2.05) is 13.8 Å². The van der Waals surface area contributed by atoms with Gasteiger partial charge < -0.3 is 21.2 Å². The van der Waals surface area contributed by atoms with Crippen LogP contribution in [0, 0.1) is 5.41 Å². The van der Waals surface area contributed by atoms with E-state index in [1.165, 1.54) is 4.90 Å². The number of nitrogens with two attached hydrogens (primary N) is 1. The third-order valence-corrected chi connectivity index (χ3v) is 3.84. The van der Waals surface area contributed by atoms with Gasteiger partial charge in [0.25, 0.3) is 0 Å². The van der Waals surface area contributed by atoms with Crippen molar-refractivity contribution in [3.8, 4) is 0 Å². The van der Waals surface area contributed by atoms with Crippen LogP contribution in [-0.2, 0) is 9.59 Å². The summed E-state index contributed by atoms with van der Waals surface area (Å²) in [4.78, 5) is 25.8. The van der Waals surface area contributed by atoms with Crippen molar-refractivity contribution >= 4 is 17.6 Å². The van der Waals surface area contributed by atoms with Crippen molar-refractivity contribution in [3.63, 3.8) is 0 Å². The fourth-order valence-electron chi connectivity index (χ4n) is 2.71. The van der Waals surface area contributed by atoms with Gasteiger partial charge in [-0.15, -0.1) is 0 Å². The standard InChI is InChI=1S/C13H24N4O3/c1-3-15-10(18)9-17(4-2)12(19)13(11(14)16-20)7-5-6-8-13/h20H,3-9H2,1-2H3,(H2,14,16)(H,15,18). The summed E-state index contributed by atoms with van der Waals surface area (Å²) in [7, 11) is 0. The van der Waals surface area contributed by atoms with E-state index in [4.69, 9.17) is 10.9 Å². The maximum atomic E-state index is 12.7. The zero-order valence-electron chi connectivity index (χ0n) is 12.2. The van der Waals surface area contributed by atoms with Crippen LogP contribution in [0.1, 0.15) is 39.5 Å². The number of hydrogen-bond donors (Lipinski definition) is 3. The van der Waals surface area contributed by atoms with E-state index in [-0.39, 0.29) is 24.2 Å². The molecular weight excluding hydrogens is 260 g/mol. The van der Waals surface area contributed by atoms with Gasteiger partial charge in [-0.25, -0.2) is 0 Å². The van der Waals surface area contributed by atoms with Crippen molar-refractivity contribution in [1.82, 2.24) is 10.2 Å². The molecule has 7 nitrogen and oxygen atoms in total. The monoisotopic (exact) mass is 284 g/mol. The summed E-state index contributed by atoms with van der Waals surface area (Å²) in [5.74, 6) is -0.469. The summed E-state index contributed by atoms with van der Waals surface area (Å²) in [5, 5.41) is 14.7. The zero-order valence-corrected chi connectivity index (χ0v) is 12.2. The quantitative estimate of drug-likeness (QED) is 0.282. The summed E-state index contributed by atoms with van der Waals surface area (Å²) in [6, 6.07) is 0. The number of hydrogen-bond acceptors (Lipinski definition) is 4. The lowest BCUT2D eigenvalue weighted by atomic mass is 9.83. The third-order valence-electron chi connectivity index (χ3n) is 3.84. The molecule has 4 N–H and O–H groups in total. The van der Waals surface area contributed by atoms with Gasteiger partial charge in [0.15, 0.2) is 5.84 Å². The van der Waals surface area contributed by atoms with E-state index < -0.39 is 5.41 Å². The molecule has 1 fully saturated rings. The Kier molecular flexibility index (Phi) is 5.79. The van der Waals surface area contributed by atoms with Gasteiger partial charge in [-0.05, 0) is 26.7 Å². The molecule has 0 atom stereocenters. The minimum absolute atomic E-state index is 0.00360. The van der Waals surface area contributed by atoms with Crippen molar-refractivity contribution in [1.29, 1.82) is 0 Å². The number of likely N-dealkylation sites (N-methyl/N-ethyl adjacent to an activating group) is 2. The molecule has 0 radical (unpaired) electrons. The third kappa shape index (κ3) is 3.20. The molecule has 1 saturated carbocycles. The molecule has 0 aromatic rings. The molecule has 0 saturated heterocycles. The van der Waals surface area contributed by atoms with Crippen molar-refractivity contribution in [2.45, 2.75) is 39.5 Å². The number of rotatable bonds is 6. The van der Waals surface area contributed by atoms with E-state index in [0.717, 1.165) is 12.8 Å². The van der Waals surface area contributed by atoms with Crippen LogP contribution in [0.2, 0.25) is 0 Å². The molecule has 0 unspecified atom stereocenters. The number of carbonyl (C=O) groups is 2. The summed E-state index contributed by atoms with van der Waals surface area (Å²) >= 11 is 0. The van der Waals surface area contributed by atoms with Gasteiger partial charge in [-0.3, -0.25) is 9.59 Å². The Bertz CT molecular complexity index is 389. The van der Waals surface area contributed by atoms with Gasteiger partial charge in [0.05, 0.1) is 6.54 Å². The molecule has 0 spiro atoms. The first-order chi connectivity index (χ1) is 9.51. The predicted molar refractivity (Wildman–Crippen MR) is 75.2 cm³/mol. The lowest BCUT2D eigenvalue weighted by molar-refractivity contribution is -0.141. The topological polar surface area (TPSA) is 108 Å². The maximum Gasteiger partial charge on any atom is 0.239 e. The molecule has 114 valence electrons. The van der Waals surface area contributed by atoms with Gasteiger partial charge in [-0.2, -0.15) is 0 Å². The zero-order chi connectivity index (χ0) is 15.2. The molecule has 0 aromatic carbocycles. The summed E-state index contributed by atoms with van der Waals surface area (Å²) in [5.41, 5.74) is 4.80. The first kappa shape index (κ1) is 16.3. The van der Waals surface area contributed by atoms with Crippen LogP contribution in [0.4, 0.5) is 0 Å². The molecule has 1 aliphatic rings. The van der Waals surface area contributed by atoms with E-state index in [1.54, 1.807) is 0 Å². The Labute approximate surface area is 119 Å². The molecule has 7 heteroatoms. The van der Waals surface area contributed by atoms with Gasteiger partial charge in [0, 0.05) is 13.1 Å². The fourth-order valence-corrected chi connectivity index (χ4v) is 2.71. The number of nitrogens with one attached hydrogen (secondary N) is 1. The minimum atomic E-state index is -0.947. The molecule has 0 aromatic heterocycles. The van der Waals surface area contributed by atoms with E-state index in [0.29, 0.717) is 25.9 Å². The molecule has 0 bridgehead atoms. The highest BCUT2D eigenvalue weighted by Gasteiger charge is 2.47. The number of oxime groups is 1. The average molecular weight is 284 g/mol. The molecule has 0 heterocycles. The predicted octanol–water partition coefficient (Wildman–Crippen LogP) is 0.278. The molecule has 0 aliphatic heterocycles. The van der Waals surface area contributed by atoms with Crippen LogP contribution in [0.5, 0.6) is 0 Å². The van der Waals surface area contributed by atoms with Crippen LogP contribution in [0.15, 0.2) is 5.16 Å². The fraction of sp³-hybridized carbons (Fsp3) is 0.769. The second-order valence-corrected chi connectivity index (χ2v) is 5.05. The highest BCUT2D eigenvalue weighted by molar-refractivity contribution is 6.07. The Hall–Kier alpha value is -1.79. The van der Waals surface area contributed by atoms with E-state index in [9.17, 15) is 9.59 Å². The largest absolute Gasteiger partial charge is 0.409 e. The molecular formula is C13H24N4O3. The lowest BCUT2D eigenvalue weighted by Gasteiger charge is -2.32. The van der Waals surface area contributed by atoms with Gasteiger partial charge in [0.2, 0.25) is 11.8 Å². The Morgan fingerprint density at radius 1 is 1.35 bits per heavy atom. The van der Waals surface area contributed by atoms with Gasteiger partial charge in [0.1, 0.15) is 5.41 Å². The molecule has 1 aliphatic carbocycles. The molecule has 1 rings (SSSR count).